The largest absolute Gasteiger partial charge is 0.481 e. The van der Waals surface area contributed by atoms with Crippen molar-refractivity contribution >= 4 is 11.9 Å². The van der Waals surface area contributed by atoms with Crippen molar-refractivity contribution in [2.24, 2.45) is 50.2 Å². The number of hydrogen-bond acceptors (Lipinski definition) is 5. The third-order valence-corrected chi connectivity index (χ3v) is 14.5. The van der Waals surface area contributed by atoms with Crippen LogP contribution in [0.15, 0.2) is 23.3 Å². The molecule has 5 aliphatic carbocycles. The van der Waals surface area contributed by atoms with Crippen LogP contribution in [0, 0.1) is 50.2 Å². The van der Waals surface area contributed by atoms with E-state index in [1.807, 2.05) is 6.92 Å². The molecule has 1 spiro atoms. The molecule has 6 nitrogen and oxygen atoms in total. The van der Waals surface area contributed by atoms with Crippen LogP contribution < -0.4 is 0 Å². The average Bonchev–Trinajstić information content (AvgIpc) is 2.88. The van der Waals surface area contributed by atoms with Gasteiger partial charge in [0.25, 0.3) is 0 Å². The molecule has 0 aromatic rings. The van der Waals surface area contributed by atoms with E-state index >= 15 is 0 Å². The third kappa shape index (κ3) is 3.50. The maximum Gasteiger partial charge on any atom is 0.333 e. The first kappa shape index (κ1) is 29.4. The van der Waals surface area contributed by atoms with Gasteiger partial charge in [-0.1, -0.05) is 59.3 Å². The minimum atomic E-state index is -1.11. The van der Waals surface area contributed by atoms with Gasteiger partial charge < -0.3 is 19.7 Å². The van der Waals surface area contributed by atoms with Crippen molar-refractivity contribution in [3.63, 3.8) is 0 Å². The van der Waals surface area contributed by atoms with Crippen LogP contribution in [0.5, 0.6) is 0 Å². The zero-order valence-corrected chi connectivity index (χ0v) is 26.6. The number of carboxylic acid groups (broad SMARTS) is 1. The van der Waals surface area contributed by atoms with Gasteiger partial charge in [0.15, 0.2) is 5.79 Å². The Labute approximate surface area is 246 Å². The van der Waals surface area contributed by atoms with Crippen LogP contribution in [-0.2, 0) is 19.1 Å². The van der Waals surface area contributed by atoms with Crippen molar-refractivity contribution in [2.75, 3.05) is 6.61 Å². The molecule has 9 atom stereocenters. The summed E-state index contributed by atoms with van der Waals surface area (Å²) in [7, 11) is 0. The number of allylic oxidation sites excluding steroid dienone is 3. The van der Waals surface area contributed by atoms with Gasteiger partial charge in [0.2, 0.25) is 0 Å². The SMILES string of the molecule is CC=C(C)C(=O)O[C@@H]1CC(C)(C)C[C@H]2C3=CC[C@@H]4[C@]56CC[C@](O)(OC5)C(C)(C)[C@@H]6CC[C@@]4(C)[C@]3(C)CC[C@@]12C(=O)O. The molecule has 0 aromatic carbocycles. The number of rotatable bonds is 3. The molecule has 0 aromatic heterocycles. The van der Waals surface area contributed by atoms with Gasteiger partial charge in [-0.2, -0.15) is 0 Å². The second-order valence-corrected chi connectivity index (χ2v) is 16.7. The Hall–Kier alpha value is -1.66. The summed E-state index contributed by atoms with van der Waals surface area (Å²) in [6.45, 7) is 17.9. The Kier molecular flexibility index (Phi) is 6.25. The van der Waals surface area contributed by atoms with Crippen LogP contribution >= 0.6 is 0 Å². The zero-order valence-electron chi connectivity index (χ0n) is 26.6. The maximum absolute atomic E-state index is 13.4. The lowest BCUT2D eigenvalue weighted by Gasteiger charge is -2.74. The number of fused-ring (bicyclic) bond motifs is 7. The molecule has 2 heterocycles. The monoisotopic (exact) mass is 568 g/mol. The standard InChI is InChI=1S/C35H52O6/c1-9-21(2)27(36)41-26-19-29(3,4)18-23-22-10-11-25-32(8,31(22,7)14-16-34(23,26)28(37)38)13-12-24-30(5,6)35(39)17-15-33(24,25)20-40-35/h9-10,23-26,39H,11-20H2,1-8H3,(H,37,38)/t23-,24-,25-,26+,31+,32+,33+,34-,35-/m0/s1. The topological polar surface area (TPSA) is 93.1 Å². The first-order valence-corrected chi connectivity index (χ1v) is 16.1. The molecular formula is C35H52O6. The highest BCUT2D eigenvalue weighted by molar-refractivity contribution is 5.88. The molecule has 4 saturated carbocycles. The van der Waals surface area contributed by atoms with Crippen LogP contribution in [0.3, 0.4) is 0 Å². The molecule has 228 valence electrons. The minimum absolute atomic E-state index is 0.000216. The van der Waals surface area contributed by atoms with Gasteiger partial charge in [0.1, 0.15) is 11.5 Å². The zero-order chi connectivity index (χ0) is 30.0. The molecule has 41 heavy (non-hydrogen) atoms. The van der Waals surface area contributed by atoms with E-state index in [4.69, 9.17) is 9.47 Å². The van der Waals surface area contributed by atoms with Crippen molar-refractivity contribution in [2.45, 2.75) is 125 Å². The Bertz CT molecular complexity index is 1220. The highest BCUT2D eigenvalue weighted by Crippen LogP contribution is 2.78. The van der Waals surface area contributed by atoms with E-state index in [0.717, 1.165) is 38.5 Å². The maximum atomic E-state index is 13.4. The lowest BCUT2D eigenvalue weighted by molar-refractivity contribution is -0.395. The van der Waals surface area contributed by atoms with Crippen molar-refractivity contribution in [3.05, 3.63) is 23.3 Å². The number of aliphatic carboxylic acids is 1. The summed E-state index contributed by atoms with van der Waals surface area (Å²) in [5.74, 6) is -1.60. The number of carboxylic acids is 1. The number of carbonyl (C=O) groups is 2. The van der Waals surface area contributed by atoms with Gasteiger partial charge in [0.05, 0.1) is 6.61 Å². The predicted molar refractivity (Wildman–Crippen MR) is 157 cm³/mol. The quantitative estimate of drug-likeness (QED) is 0.215. The molecule has 7 rings (SSSR count). The molecule has 2 N–H and O–H groups in total. The normalized spacial score (nSPS) is 49.5. The van der Waals surface area contributed by atoms with Crippen molar-refractivity contribution in [3.8, 4) is 0 Å². The Morgan fingerprint density at radius 1 is 1.00 bits per heavy atom. The van der Waals surface area contributed by atoms with E-state index in [-0.39, 0.29) is 33.0 Å². The van der Waals surface area contributed by atoms with Gasteiger partial charge in [-0.15, -0.1) is 0 Å². The highest BCUT2D eigenvalue weighted by atomic mass is 16.6. The molecule has 7 aliphatic rings. The van der Waals surface area contributed by atoms with E-state index in [1.165, 1.54) is 5.57 Å². The van der Waals surface area contributed by atoms with E-state index in [0.29, 0.717) is 43.3 Å². The molecule has 2 bridgehead atoms. The first-order valence-electron chi connectivity index (χ1n) is 16.1. The van der Waals surface area contributed by atoms with Crippen molar-refractivity contribution < 1.29 is 29.3 Å². The first-order chi connectivity index (χ1) is 18.9. The van der Waals surface area contributed by atoms with Crippen LogP contribution in [0.25, 0.3) is 0 Å². The smallest absolute Gasteiger partial charge is 0.333 e. The van der Waals surface area contributed by atoms with Crippen molar-refractivity contribution in [1.82, 2.24) is 0 Å². The van der Waals surface area contributed by atoms with Crippen LogP contribution in [0.4, 0.5) is 0 Å². The number of carbonyl (C=O) groups excluding carboxylic acids is 1. The number of ether oxygens (including phenoxy) is 2. The molecule has 6 fully saturated rings. The number of hydrogen-bond donors (Lipinski definition) is 2. The summed E-state index contributed by atoms with van der Waals surface area (Å²) in [4.78, 5) is 26.4. The fourth-order valence-corrected chi connectivity index (χ4v) is 11.7. The molecule has 2 saturated heterocycles. The van der Waals surface area contributed by atoms with E-state index in [9.17, 15) is 19.8 Å². The average molecular weight is 569 g/mol. The van der Waals surface area contributed by atoms with Gasteiger partial charge in [-0.05, 0) is 93.3 Å². The molecule has 6 heteroatoms. The summed E-state index contributed by atoms with van der Waals surface area (Å²) in [6, 6.07) is 0. The number of aliphatic hydroxyl groups is 1. The third-order valence-electron chi connectivity index (χ3n) is 14.5. The molecule has 0 unspecified atom stereocenters. The van der Waals surface area contributed by atoms with Crippen molar-refractivity contribution in [1.29, 1.82) is 0 Å². The molecular weight excluding hydrogens is 516 g/mol. The molecule has 0 radical (unpaired) electrons. The van der Waals surface area contributed by atoms with Crippen LogP contribution in [0.2, 0.25) is 0 Å². The molecule has 2 aliphatic heterocycles. The van der Waals surface area contributed by atoms with Crippen LogP contribution in [0.1, 0.15) is 113 Å². The Morgan fingerprint density at radius 2 is 1.71 bits per heavy atom. The van der Waals surface area contributed by atoms with E-state index in [1.54, 1.807) is 13.0 Å². The van der Waals surface area contributed by atoms with Gasteiger partial charge in [-0.3, -0.25) is 4.79 Å². The van der Waals surface area contributed by atoms with Gasteiger partial charge in [0, 0.05) is 28.7 Å². The fraction of sp³-hybridized carbons (Fsp3) is 0.829. The molecule has 0 amide bonds. The lowest BCUT2D eigenvalue weighted by atomic mass is 9.32. The van der Waals surface area contributed by atoms with E-state index < -0.39 is 29.2 Å². The summed E-state index contributed by atoms with van der Waals surface area (Å²) >= 11 is 0. The summed E-state index contributed by atoms with van der Waals surface area (Å²) in [5.41, 5.74) is 0.153. The predicted octanol–water partition coefficient (Wildman–Crippen LogP) is 7.06. The Morgan fingerprint density at radius 3 is 2.32 bits per heavy atom. The second kappa shape index (κ2) is 8.71. The van der Waals surface area contributed by atoms with Gasteiger partial charge in [-0.25, -0.2) is 4.79 Å². The summed E-state index contributed by atoms with van der Waals surface area (Å²) in [6.07, 6.45) is 10.9. The Balaban J connectivity index is 1.44. The second-order valence-electron chi connectivity index (χ2n) is 16.7. The van der Waals surface area contributed by atoms with E-state index in [2.05, 4.69) is 47.6 Å². The summed E-state index contributed by atoms with van der Waals surface area (Å²) in [5, 5.41) is 22.4. The summed E-state index contributed by atoms with van der Waals surface area (Å²) < 4.78 is 12.5. The lowest BCUT2D eigenvalue weighted by Crippen LogP contribution is -2.73. The van der Waals surface area contributed by atoms with Crippen LogP contribution in [-0.4, -0.2) is 40.6 Å². The fourth-order valence-electron chi connectivity index (χ4n) is 11.7. The minimum Gasteiger partial charge on any atom is -0.481 e. The highest BCUT2D eigenvalue weighted by Gasteiger charge is 2.75. The number of esters is 1. The van der Waals surface area contributed by atoms with Gasteiger partial charge >= 0.3 is 11.9 Å².